The van der Waals surface area contributed by atoms with Gasteiger partial charge in [-0.25, -0.2) is 4.79 Å². The van der Waals surface area contributed by atoms with Gasteiger partial charge in [0.05, 0.1) is 6.61 Å². The highest BCUT2D eigenvalue weighted by Gasteiger charge is 2.04. The van der Waals surface area contributed by atoms with E-state index in [4.69, 9.17) is 9.47 Å². The van der Waals surface area contributed by atoms with Gasteiger partial charge in [0, 0.05) is 6.08 Å². The Morgan fingerprint density at radius 3 is 1.81 bits per heavy atom. The molecule has 0 aliphatic rings. The molecule has 31 heavy (non-hydrogen) atoms. The molecule has 0 saturated carbocycles. The van der Waals surface area contributed by atoms with E-state index in [9.17, 15) is 9.90 Å². The minimum atomic E-state index is -1.01. The van der Waals surface area contributed by atoms with Crippen molar-refractivity contribution >= 4 is 5.97 Å². The number of hydrogen-bond acceptors (Lipinski definition) is 4. The van der Waals surface area contributed by atoms with E-state index in [-0.39, 0.29) is 5.97 Å². The van der Waals surface area contributed by atoms with E-state index in [1.54, 1.807) is 0 Å². The lowest BCUT2D eigenvalue weighted by Gasteiger charge is -2.10. The molecule has 4 nitrogen and oxygen atoms in total. The summed E-state index contributed by atoms with van der Waals surface area (Å²) in [6.07, 6.45) is 3.14. The topological polar surface area (TPSA) is 55.8 Å². The molecule has 0 radical (unpaired) electrons. The summed E-state index contributed by atoms with van der Waals surface area (Å²) in [5.74, 6) is 0.210. The van der Waals surface area contributed by atoms with E-state index in [1.165, 1.54) is 17.7 Å². The molecule has 0 aliphatic carbocycles. The Morgan fingerprint density at radius 1 is 0.839 bits per heavy atom. The fourth-order valence-electron chi connectivity index (χ4n) is 3.14. The molecule has 0 aromatic heterocycles. The molecule has 3 aromatic rings. The van der Waals surface area contributed by atoms with Gasteiger partial charge in [-0.1, -0.05) is 73.8 Å². The molecule has 1 atom stereocenters. The average Bonchev–Trinajstić information content (AvgIpc) is 2.82. The highest BCUT2D eigenvalue weighted by molar-refractivity contribution is 5.81. The zero-order chi connectivity index (χ0) is 22.1. The molecule has 0 heterocycles. The summed E-state index contributed by atoms with van der Waals surface area (Å²) < 4.78 is 10.3. The standard InChI is InChI=1S/C27H26O4/c1-3-26(28)30-19-5-6-20-7-9-21(10-8-20)22-11-13-23(14-12-22)24-15-17-25(18-16-24)31-27(29)4-2/h3-4,7-18,27,29H,1-2,5-6,19H2. The van der Waals surface area contributed by atoms with E-state index in [0.717, 1.165) is 35.1 Å². The summed E-state index contributed by atoms with van der Waals surface area (Å²) in [5.41, 5.74) is 5.67. The summed E-state index contributed by atoms with van der Waals surface area (Å²) in [6.45, 7) is 7.27. The predicted octanol–water partition coefficient (Wildman–Crippen LogP) is 5.57. The van der Waals surface area contributed by atoms with Crippen LogP contribution in [0.1, 0.15) is 12.0 Å². The Kier molecular flexibility index (Phi) is 7.79. The third-order valence-corrected chi connectivity index (χ3v) is 4.84. The van der Waals surface area contributed by atoms with Crippen LogP contribution in [0.2, 0.25) is 0 Å². The van der Waals surface area contributed by atoms with E-state index in [0.29, 0.717) is 12.4 Å². The van der Waals surface area contributed by atoms with Crippen molar-refractivity contribution in [2.24, 2.45) is 0 Å². The Bertz CT molecular complexity index is 1000. The van der Waals surface area contributed by atoms with E-state index >= 15 is 0 Å². The lowest BCUT2D eigenvalue weighted by atomic mass is 9.99. The molecule has 0 spiro atoms. The fraction of sp³-hybridized carbons (Fsp3) is 0.148. The number of aliphatic hydroxyl groups is 1. The van der Waals surface area contributed by atoms with Gasteiger partial charge in [0.1, 0.15) is 5.75 Å². The molecule has 1 unspecified atom stereocenters. The largest absolute Gasteiger partial charge is 0.463 e. The van der Waals surface area contributed by atoms with Gasteiger partial charge in [-0.3, -0.25) is 0 Å². The maximum atomic E-state index is 11.0. The van der Waals surface area contributed by atoms with Crippen molar-refractivity contribution in [2.45, 2.75) is 19.1 Å². The Hall–Kier alpha value is -3.63. The van der Waals surface area contributed by atoms with Gasteiger partial charge in [-0.2, -0.15) is 0 Å². The molecule has 0 fully saturated rings. The second-order valence-corrected chi connectivity index (χ2v) is 7.02. The van der Waals surface area contributed by atoms with Crippen LogP contribution in [0.4, 0.5) is 0 Å². The minimum Gasteiger partial charge on any atom is -0.463 e. The second-order valence-electron chi connectivity index (χ2n) is 7.02. The van der Waals surface area contributed by atoms with Crippen LogP contribution < -0.4 is 4.74 Å². The van der Waals surface area contributed by atoms with Gasteiger partial charge in [0.15, 0.2) is 0 Å². The van der Waals surface area contributed by atoms with E-state index in [2.05, 4.69) is 61.7 Å². The highest BCUT2D eigenvalue weighted by Crippen LogP contribution is 2.27. The smallest absolute Gasteiger partial charge is 0.330 e. The lowest BCUT2D eigenvalue weighted by Crippen LogP contribution is -2.10. The molecule has 158 valence electrons. The molecule has 3 aromatic carbocycles. The predicted molar refractivity (Wildman–Crippen MR) is 124 cm³/mol. The van der Waals surface area contributed by atoms with E-state index < -0.39 is 6.29 Å². The zero-order valence-electron chi connectivity index (χ0n) is 17.4. The monoisotopic (exact) mass is 414 g/mol. The first kappa shape index (κ1) is 22.1. The number of aryl methyl sites for hydroxylation is 1. The van der Waals surface area contributed by atoms with Crippen LogP contribution in [0.25, 0.3) is 22.3 Å². The van der Waals surface area contributed by atoms with Crippen LogP contribution in [0, 0.1) is 0 Å². The number of aliphatic hydroxyl groups excluding tert-OH is 1. The molecule has 0 saturated heterocycles. The second kappa shape index (κ2) is 11.0. The van der Waals surface area contributed by atoms with Gasteiger partial charge in [-0.15, -0.1) is 0 Å². The molecular formula is C27H26O4. The first-order chi connectivity index (χ1) is 15.1. The third kappa shape index (κ3) is 6.43. The minimum absolute atomic E-state index is 0.380. The molecule has 0 aliphatic heterocycles. The van der Waals surface area contributed by atoms with Crippen molar-refractivity contribution in [1.29, 1.82) is 0 Å². The SMILES string of the molecule is C=CC(=O)OCCCc1ccc(-c2ccc(-c3ccc(OC(O)C=C)cc3)cc2)cc1. The van der Waals surface area contributed by atoms with Gasteiger partial charge in [0.25, 0.3) is 0 Å². The van der Waals surface area contributed by atoms with Crippen LogP contribution >= 0.6 is 0 Å². The van der Waals surface area contributed by atoms with E-state index in [1.807, 2.05) is 24.3 Å². The Labute approximate surface area is 183 Å². The number of carbonyl (C=O) groups excluding carboxylic acids is 1. The summed E-state index contributed by atoms with van der Waals surface area (Å²) in [5, 5.41) is 9.48. The summed E-state index contributed by atoms with van der Waals surface area (Å²) in [6, 6.07) is 24.4. The van der Waals surface area contributed by atoms with Gasteiger partial charge >= 0.3 is 5.97 Å². The van der Waals surface area contributed by atoms with Crippen molar-refractivity contribution in [1.82, 2.24) is 0 Å². The number of esters is 1. The first-order valence-corrected chi connectivity index (χ1v) is 10.2. The quantitative estimate of drug-likeness (QED) is 0.155. The Balaban J connectivity index is 1.59. The van der Waals surface area contributed by atoms with Crippen LogP contribution in [0.15, 0.2) is 98.1 Å². The molecule has 1 N–H and O–H groups in total. The molecule has 0 bridgehead atoms. The van der Waals surface area contributed by atoms with Gasteiger partial charge < -0.3 is 14.6 Å². The molecule has 3 rings (SSSR count). The van der Waals surface area contributed by atoms with Crippen molar-refractivity contribution in [3.63, 3.8) is 0 Å². The van der Waals surface area contributed by atoms with Crippen molar-refractivity contribution in [3.05, 3.63) is 104 Å². The van der Waals surface area contributed by atoms with Crippen molar-refractivity contribution in [2.75, 3.05) is 6.61 Å². The number of hydrogen-bond donors (Lipinski definition) is 1. The van der Waals surface area contributed by atoms with Gasteiger partial charge in [0.2, 0.25) is 6.29 Å². The van der Waals surface area contributed by atoms with Crippen LogP contribution in [0.5, 0.6) is 5.75 Å². The molecular weight excluding hydrogens is 388 g/mol. The summed E-state index contributed by atoms with van der Waals surface area (Å²) in [7, 11) is 0. The Morgan fingerprint density at radius 2 is 1.32 bits per heavy atom. The van der Waals surface area contributed by atoms with Crippen molar-refractivity contribution < 1.29 is 19.4 Å². The van der Waals surface area contributed by atoms with Gasteiger partial charge in [-0.05, 0) is 58.9 Å². The summed E-state index contributed by atoms with van der Waals surface area (Å²) in [4.78, 5) is 11.0. The summed E-state index contributed by atoms with van der Waals surface area (Å²) >= 11 is 0. The number of rotatable bonds is 10. The number of benzene rings is 3. The highest BCUT2D eigenvalue weighted by atomic mass is 16.6. The van der Waals surface area contributed by atoms with Crippen molar-refractivity contribution in [3.8, 4) is 28.0 Å². The fourth-order valence-corrected chi connectivity index (χ4v) is 3.14. The van der Waals surface area contributed by atoms with Crippen LogP contribution in [-0.2, 0) is 16.0 Å². The molecule has 0 amide bonds. The first-order valence-electron chi connectivity index (χ1n) is 10.2. The normalized spacial score (nSPS) is 11.4. The lowest BCUT2D eigenvalue weighted by molar-refractivity contribution is -0.137. The van der Waals surface area contributed by atoms with Crippen LogP contribution in [0.3, 0.4) is 0 Å². The number of carbonyl (C=O) groups is 1. The maximum absolute atomic E-state index is 11.0. The molecule has 4 heteroatoms. The van der Waals surface area contributed by atoms with Crippen LogP contribution in [-0.4, -0.2) is 24.0 Å². The zero-order valence-corrected chi connectivity index (χ0v) is 17.4. The number of ether oxygens (including phenoxy) is 2. The maximum Gasteiger partial charge on any atom is 0.330 e. The third-order valence-electron chi connectivity index (χ3n) is 4.84. The average molecular weight is 415 g/mol.